The molecule has 0 aliphatic carbocycles. The van der Waals surface area contributed by atoms with Crippen molar-refractivity contribution in [2.75, 3.05) is 6.51 Å². The Morgan fingerprint density at radius 1 is 0.812 bits per heavy atom. The molecule has 0 amide bonds. The van der Waals surface area contributed by atoms with Crippen molar-refractivity contribution in [1.29, 1.82) is 0 Å². The predicted molar refractivity (Wildman–Crippen MR) is 67.9 cm³/mol. The molecule has 16 heavy (non-hydrogen) atoms. The molecular weight excluding hydrogens is 195 g/mol. The molecule has 0 bridgehead atoms. The maximum Gasteiger partial charge on any atom is 0.185 e. The van der Waals surface area contributed by atoms with Crippen LogP contribution in [-0.2, 0) is 11.3 Å². The highest BCUT2D eigenvalue weighted by Gasteiger charge is 1.95. The largest absolute Gasteiger partial charge is 0.385 e. The highest BCUT2D eigenvalue weighted by Crippen LogP contribution is 1.99. The second-order valence-corrected chi connectivity index (χ2v) is 3.62. The fraction of sp³-hybridized carbons (Fsp3) is 0.143. The van der Waals surface area contributed by atoms with Crippen LogP contribution in [0.2, 0.25) is 0 Å². The summed E-state index contributed by atoms with van der Waals surface area (Å²) in [4.78, 5) is 0. The quantitative estimate of drug-likeness (QED) is 0.541. The lowest BCUT2D eigenvalue weighted by atomic mass is 9.72. The summed E-state index contributed by atoms with van der Waals surface area (Å²) in [5, 5.41) is 0. The Balaban J connectivity index is 1.70. The van der Waals surface area contributed by atoms with Crippen LogP contribution in [0.3, 0.4) is 0 Å². The monoisotopic (exact) mass is 209 g/mol. The molecule has 1 nitrogen and oxygen atoms in total. The first kappa shape index (κ1) is 11.0. The molecule has 0 aliphatic heterocycles. The molecular formula is C14H14BO. The minimum atomic E-state index is 0.652. The fourth-order valence-corrected chi connectivity index (χ4v) is 1.50. The lowest BCUT2D eigenvalue weighted by Gasteiger charge is -2.03. The molecule has 2 rings (SSSR count). The van der Waals surface area contributed by atoms with Crippen molar-refractivity contribution in [1.82, 2.24) is 0 Å². The van der Waals surface area contributed by atoms with Gasteiger partial charge in [-0.25, -0.2) is 0 Å². The van der Waals surface area contributed by atoms with Crippen molar-refractivity contribution >= 4 is 12.7 Å². The molecule has 2 aromatic rings. The summed E-state index contributed by atoms with van der Waals surface area (Å²) in [5.41, 5.74) is 2.42. The average Bonchev–Trinajstić information content (AvgIpc) is 2.37. The van der Waals surface area contributed by atoms with Gasteiger partial charge >= 0.3 is 0 Å². The Kier molecular flexibility index (Phi) is 4.21. The summed E-state index contributed by atoms with van der Waals surface area (Å²) in [6, 6.07) is 20.4. The summed E-state index contributed by atoms with van der Waals surface area (Å²) < 4.78 is 5.57. The van der Waals surface area contributed by atoms with Gasteiger partial charge in [-0.05, 0) is 5.56 Å². The first-order valence-corrected chi connectivity index (χ1v) is 5.45. The lowest BCUT2D eigenvalue weighted by molar-refractivity contribution is 0.164. The van der Waals surface area contributed by atoms with Gasteiger partial charge in [0.1, 0.15) is 0 Å². The van der Waals surface area contributed by atoms with Crippen molar-refractivity contribution in [2.24, 2.45) is 0 Å². The molecule has 0 fully saturated rings. The zero-order valence-corrected chi connectivity index (χ0v) is 9.17. The fourth-order valence-electron chi connectivity index (χ4n) is 1.50. The molecule has 0 heterocycles. The Labute approximate surface area is 97.3 Å². The van der Waals surface area contributed by atoms with E-state index in [9.17, 15) is 0 Å². The molecule has 0 aromatic heterocycles. The second-order valence-electron chi connectivity index (χ2n) is 3.62. The van der Waals surface area contributed by atoms with Crippen LogP contribution in [0, 0.1) is 0 Å². The molecule has 0 unspecified atom stereocenters. The molecule has 0 atom stereocenters. The minimum absolute atomic E-state index is 0.652. The van der Waals surface area contributed by atoms with E-state index in [2.05, 4.69) is 31.5 Å². The third-order valence-corrected chi connectivity index (χ3v) is 2.35. The van der Waals surface area contributed by atoms with Gasteiger partial charge in [-0.15, -0.1) is 0 Å². The van der Waals surface area contributed by atoms with E-state index >= 15 is 0 Å². The summed E-state index contributed by atoms with van der Waals surface area (Å²) in [5.74, 6) is 0. The Morgan fingerprint density at radius 3 is 2.12 bits per heavy atom. The molecule has 0 saturated carbocycles. The molecule has 0 spiro atoms. The van der Waals surface area contributed by atoms with Gasteiger partial charge in [-0.2, -0.15) is 0 Å². The maximum atomic E-state index is 5.57. The van der Waals surface area contributed by atoms with Gasteiger partial charge in [-0.1, -0.05) is 66.1 Å². The van der Waals surface area contributed by atoms with Gasteiger partial charge in [0.15, 0.2) is 7.28 Å². The van der Waals surface area contributed by atoms with Gasteiger partial charge in [0.25, 0.3) is 0 Å². The van der Waals surface area contributed by atoms with E-state index in [1.54, 1.807) is 0 Å². The molecule has 79 valence electrons. The highest BCUT2D eigenvalue weighted by atomic mass is 16.5. The predicted octanol–water partition coefficient (Wildman–Crippen LogP) is 2.19. The van der Waals surface area contributed by atoms with E-state index in [4.69, 9.17) is 4.74 Å². The van der Waals surface area contributed by atoms with Crippen molar-refractivity contribution in [3.05, 3.63) is 66.2 Å². The van der Waals surface area contributed by atoms with Crippen LogP contribution in [0.25, 0.3) is 0 Å². The molecule has 2 heteroatoms. The molecule has 0 saturated heterocycles. The van der Waals surface area contributed by atoms with E-state index in [1.807, 2.05) is 36.4 Å². The van der Waals surface area contributed by atoms with Crippen LogP contribution in [0.15, 0.2) is 60.7 Å². The van der Waals surface area contributed by atoms with Crippen molar-refractivity contribution in [3.8, 4) is 0 Å². The first-order valence-electron chi connectivity index (χ1n) is 5.45. The normalized spacial score (nSPS) is 10.0. The smallest absolute Gasteiger partial charge is 0.185 e. The lowest BCUT2D eigenvalue weighted by Crippen LogP contribution is -2.19. The zero-order valence-electron chi connectivity index (χ0n) is 9.17. The zero-order chi connectivity index (χ0) is 11.1. The van der Waals surface area contributed by atoms with Crippen LogP contribution in [0.5, 0.6) is 0 Å². The van der Waals surface area contributed by atoms with E-state index < -0.39 is 0 Å². The summed E-state index contributed by atoms with van der Waals surface area (Å²) in [6.45, 7) is 1.32. The summed E-state index contributed by atoms with van der Waals surface area (Å²) in [7, 11) is 2.09. The van der Waals surface area contributed by atoms with Crippen LogP contribution in [-0.4, -0.2) is 13.8 Å². The second kappa shape index (κ2) is 6.14. The van der Waals surface area contributed by atoms with E-state index in [0.29, 0.717) is 13.1 Å². The van der Waals surface area contributed by atoms with Crippen LogP contribution in [0.1, 0.15) is 5.56 Å². The molecule has 2 aromatic carbocycles. The number of ether oxygens (including phenoxy) is 1. The van der Waals surface area contributed by atoms with Gasteiger partial charge in [0, 0.05) is 6.51 Å². The maximum absolute atomic E-state index is 5.57. The molecule has 0 N–H and O–H groups in total. The number of hydrogen-bond donors (Lipinski definition) is 0. The van der Waals surface area contributed by atoms with E-state index in [1.165, 1.54) is 11.0 Å². The Morgan fingerprint density at radius 2 is 1.44 bits per heavy atom. The third kappa shape index (κ3) is 3.56. The minimum Gasteiger partial charge on any atom is -0.385 e. The summed E-state index contributed by atoms with van der Waals surface area (Å²) >= 11 is 0. The van der Waals surface area contributed by atoms with Crippen LogP contribution < -0.4 is 5.46 Å². The van der Waals surface area contributed by atoms with Gasteiger partial charge in [0.2, 0.25) is 0 Å². The SMILES string of the molecule is [B](COCc1ccccc1)c1ccccc1. The van der Waals surface area contributed by atoms with Crippen LogP contribution >= 0.6 is 0 Å². The van der Waals surface area contributed by atoms with E-state index in [-0.39, 0.29) is 0 Å². The van der Waals surface area contributed by atoms with Gasteiger partial charge < -0.3 is 4.74 Å². The molecule has 0 aliphatic rings. The number of hydrogen-bond acceptors (Lipinski definition) is 1. The van der Waals surface area contributed by atoms with E-state index in [0.717, 1.165) is 0 Å². The van der Waals surface area contributed by atoms with Crippen molar-refractivity contribution in [3.63, 3.8) is 0 Å². The highest BCUT2D eigenvalue weighted by molar-refractivity contribution is 6.53. The summed E-state index contributed by atoms with van der Waals surface area (Å²) in [6.07, 6.45) is 0. The molecule has 1 radical (unpaired) electrons. The number of rotatable bonds is 5. The standard InChI is InChI=1S/C14H14BO/c1-3-7-13(8-4-1)11-16-12-15-14-9-5-2-6-10-14/h1-10H,11-12H2. The topological polar surface area (TPSA) is 9.23 Å². The Bertz CT molecular complexity index is 358. The Hall–Kier alpha value is -1.54. The van der Waals surface area contributed by atoms with Gasteiger partial charge in [0.05, 0.1) is 6.61 Å². The van der Waals surface area contributed by atoms with Crippen molar-refractivity contribution in [2.45, 2.75) is 6.61 Å². The third-order valence-electron chi connectivity index (χ3n) is 2.35. The number of benzene rings is 2. The average molecular weight is 209 g/mol. The van der Waals surface area contributed by atoms with Crippen molar-refractivity contribution < 1.29 is 4.74 Å². The van der Waals surface area contributed by atoms with Gasteiger partial charge in [-0.3, -0.25) is 0 Å². The van der Waals surface area contributed by atoms with Crippen LogP contribution in [0.4, 0.5) is 0 Å². The first-order chi connectivity index (χ1) is 7.95.